The first-order valence-corrected chi connectivity index (χ1v) is 9.85. The summed E-state index contributed by atoms with van der Waals surface area (Å²) in [6.07, 6.45) is 2.66. The molecule has 3 rings (SSSR count). The number of carbonyl (C=O) groups excluding carboxylic acids is 1. The smallest absolute Gasteiger partial charge is 0.413 e. The summed E-state index contributed by atoms with van der Waals surface area (Å²) in [5.41, 5.74) is -0.395. The van der Waals surface area contributed by atoms with Crippen LogP contribution in [0.15, 0.2) is 24.3 Å². The zero-order valence-electron chi connectivity index (χ0n) is 16.5. The maximum absolute atomic E-state index is 16.3. The first-order valence-electron chi connectivity index (χ1n) is 9.85. The van der Waals surface area contributed by atoms with Crippen LogP contribution in [0, 0.1) is 11.7 Å². The highest BCUT2D eigenvalue weighted by Gasteiger charge is 2.48. The van der Waals surface area contributed by atoms with E-state index in [1.807, 2.05) is 0 Å². The van der Waals surface area contributed by atoms with E-state index < -0.39 is 23.3 Å². The fourth-order valence-corrected chi connectivity index (χ4v) is 4.10. The van der Waals surface area contributed by atoms with Crippen LogP contribution in [0.1, 0.15) is 52.0 Å². The van der Waals surface area contributed by atoms with E-state index in [9.17, 15) is 9.18 Å². The molecule has 2 heterocycles. The minimum atomic E-state index is -1.99. The Hall–Kier alpha value is -1.69. The second-order valence-electron chi connectivity index (χ2n) is 8.76. The van der Waals surface area contributed by atoms with Gasteiger partial charge < -0.3 is 9.64 Å². The normalized spacial score (nSPS) is 27.0. The molecule has 6 heteroatoms. The SMILES string of the molecule is CC(C)(C)OC(=O)N1CCC(CN2CCCC2)CC1(F)c1ccc(F)cc1. The van der Waals surface area contributed by atoms with Gasteiger partial charge in [-0.15, -0.1) is 0 Å². The van der Waals surface area contributed by atoms with E-state index in [4.69, 9.17) is 4.74 Å². The van der Waals surface area contributed by atoms with Crippen LogP contribution in [0.4, 0.5) is 13.6 Å². The molecule has 0 radical (unpaired) electrons. The van der Waals surface area contributed by atoms with E-state index >= 15 is 4.39 Å². The Bertz CT molecular complexity index is 653. The molecule has 1 aromatic rings. The summed E-state index contributed by atoms with van der Waals surface area (Å²) >= 11 is 0. The molecule has 0 aromatic heterocycles. The Kier molecular flexibility index (Phi) is 5.75. The zero-order valence-corrected chi connectivity index (χ0v) is 16.5. The Morgan fingerprint density at radius 3 is 2.41 bits per heavy atom. The molecule has 27 heavy (non-hydrogen) atoms. The molecule has 0 N–H and O–H groups in total. The van der Waals surface area contributed by atoms with E-state index in [-0.39, 0.29) is 12.3 Å². The molecule has 0 saturated carbocycles. The van der Waals surface area contributed by atoms with Crippen LogP contribution < -0.4 is 0 Å². The molecular weight excluding hydrogens is 350 g/mol. The molecule has 2 atom stereocenters. The van der Waals surface area contributed by atoms with Crippen LogP contribution in [0.25, 0.3) is 0 Å². The minimum absolute atomic E-state index is 0.150. The van der Waals surface area contributed by atoms with Gasteiger partial charge in [0.25, 0.3) is 0 Å². The number of ether oxygens (including phenoxy) is 1. The van der Waals surface area contributed by atoms with E-state index in [1.165, 1.54) is 42.0 Å². The Morgan fingerprint density at radius 1 is 1.19 bits per heavy atom. The van der Waals surface area contributed by atoms with Crippen molar-refractivity contribution in [2.24, 2.45) is 5.92 Å². The number of alkyl halides is 1. The molecule has 2 fully saturated rings. The van der Waals surface area contributed by atoms with Crippen molar-refractivity contribution in [3.63, 3.8) is 0 Å². The number of nitrogens with zero attached hydrogens (tertiary/aromatic N) is 2. The second kappa shape index (κ2) is 7.74. The average molecular weight is 380 g/mol. The molecule has 1 aromatic carbocycles. The van der Waals surface area contributed by atoms with Crippen LogP contribution in [-0.2, 0) is 10.5 Å². The zero-order chi connectivity index (χ0) is 19.7. The van der Waals surface area contributed by atoms with Gasteiger partial charge in [0.05, 0.1) is 0 Å². The van der Waals surface area contributed by atoms with E-state index in [1.54, 1.807) is 20.8 Å². The Labute approximate surface area is 160 Å². The molecular formula is C21H30F2N2O2. The summed E-state index contributed by atoms with van der Waals surface area (Å²) in [6.45, 7) is 8.55. The second-order valence-corrected chi connectivity index (χ2v) is 8.76. The summed E-state index contributed by atoms with van der Waals surface area (Å²) in [5, 5.41) is 0. The number of hydrogen-bond acceptors (Lipinski definition) is 3. The standard InChI is InChI=1S/C21H30F2N2O2/c1-20(2,3)27-19(26)25-13-10-16(15-24-11-4-5-12-24)14-21(25,23)17-6-8-18(22)9-7-17/h6-9,16H,4-5,10-15H2,1-3H3. The van der Waals surface area contributed by atoms with Gasteiger partial charge >= 0.3 is 6.09 Å². The largest absolute Gasteiger partial charge is 0.444 e. The lowest BCUT2D eigenvalue weighted by Gasteiger charge is -2.45. The lowest BCUT2D eigenvalue weighted by molar-refractivity contribution is -0.0935. The lowest BCUT2D eigenvalue weighted by Crippen LogP contribution is -2.54. The number of piperidine rings is 1. The fourth-order valence-electron chi connectivity index (χ4n) is 4.10. The van der Waals surface area contributed by atoms with E-state index in [0.717, 1.165) is 26.1 Å². The first kappa shape index (κ1) is 20.1. The third-order valence-electron chi connectivity index (χ3n) is 5.36. The van der Waals surface area contributed by atoms with Crippen LogP contribution in [0.2, 0.25) is 0 Å². The summed E-state index contributed by atoms with van der Waals surface area (Å²) < 4.78 is 35.2. The van der Waals surface area contributed by atoms with Crippen molar-refractivity contribution in [3.05, 3.63) is 35.6 Å². The van der Waals surface area contributed by atoms with Crippen LogP contribution in [0.3, 0.4) is 0 Å². The number of rotatable bonds is 3. The molecule has 2 aliphatic rings. The van der Waals surface area contributed by atoms with Crippen molar-refractivity contribution in [1.29, 1.82) is 0 Å². The summed E-state index contributed by atoms with van der Waals surface area (Å²) in [7, 11) is 0. The summed E-state index contributed by atoms with van der Waals surface area (Å²) in [5.74, 6) is -2.26. The van der Waals surface area contributed by atoms with Gasteiger partial charge in [0.15, 0.2) is 0 Å². The lowest BCUT2D eigenvalue weighted by atomic mass is 9.85. The van der Waals surface area contributed by atoms with E-state index in [0.29, 0.717) is 12.1 Å². The van der Waals surface area contributed by atoms with Crippen LogP contribution in [-0.4, -0.2) is 47.7 Å². The van der Waals surface area contributed by atoms with E-state index in [2.05, 4.69) is 4.90 Å². The van der Waals surface area contributed by atoms with Crippen LogP contribution >= 0.6 is 0 Å². The number of halogens is 2. The molecule has 0 bridgehead atoms. The van der Waals surface area contributed by atoms with Gasteiger partial charge in [-0.2, -0.15) is 0 Å². The fraction of sp³-hybridized carbons (Fsp3) is 0.667. The van der Waals surface area contributed by atoms with Gasteiger partial charge in [-0.3, -0.25) is 4.90 Å². The van der Waals surface area contributed by atoms with Gasteiger partial charge in [-0.05, 0) is 71.2 Å². The number of likely N-dealkylation sites (tertiary alicyclic amines) is 2. The molecule has 2 unspecified atom stereocenters. The predicted octanol–water partition coefficient (Wildman–Crippen LogP) is 4.69. The highest BCUT2D eigenvalue weighted by molar-refractivity contribution is 5.69. The molecule has 0 spiro atoms. The van der Waals surface area contributed by atoms with Crippen molar-refractivity contribution >= 4 is 6.09 Å². The third-order valence-corrected chi connectivity index (χ3v) is 5.36. The molecule has 4 nitrogen and oxygen atoms in total. The number of hydrogen-bond donors (Lipinski definition) is 0. The van der Waals surface area contributed by atoms with Gasteiger partial charge in [0, 0.05) is 25.1 Å². The number of amides is 1. The highest BCUT2D eigenvalue weighted by atomic mass is 19.1. The van der Waals surface area contributed by atoms with Crippen LogP contribution in [0.5, 0.6) is 0 Å². The molecule has 2 aliphatic heterocycles. The Morgan fingerprint density at radius 2 is 1.81 bits per heavy atom. The number of carbonyl (C=O) groups is 1. The summed E-state index contributed by atoms with van der Waals surface area (Å²) in [6, 6.07) is 5.36. The predicted molar refractivity (Wildman–Crippen MR) is 101 cm³/mol. The van der Waals surface area contributed by atoms with Gasteiger partial charge in [-0.1, -0.05) is 12.1 Å². The molecule has 1 amide bonds. The van der Waals surface area contributed by atoms with Crippen molar-refractivity contribution in [2.75, 3.05) is 26.2 Å². The topological polar surface area (TPSA) is 32.8 Å². The average Bonchev–Trinajstić information content (AvgIpc) is 3.06. The maximum Gasteiger partial charge on any atom is 0.413 e. The Balaban J connectivity index is 1.83. The first-order chi connectivity index (χ1) is 12.7. The quantitative estimate of drug-likeness (QED) is 0.713. The van der Waals surface area contributed by atoms with Crippen molar-refractivity contribution in [2.45, 2.75) is 57.8 Å². The number of benzene rings is 1. The maximum atomic E-state index is 16.3. The molecule has 2 saturated heterocycles. The monoisotopic (exact) mass is 380 g/mol. The van der Waals surface area contributed by atoms with Gasteiger partial charge in [0.1, 0.15) is 11.4 Å². The van der Waals surface area contributed by atoms with Crippen molar-refractivity contribution < 1.29 is 18.3 Å². The van der Waals surface area contributed by atoms with Crippen molar-refractivity contribution in [3.8, 4) is 0 Å². The van der Waals surface area contributed by atoms with Gasteiger partial charge in [-0.25, -0.2) is 13.6 Å². The van der Waals surface area contributed by atoms with Crippen molar-refractivity contribution in [1.82, 2.24) is 9.80 Å². The molecule has 150 valence electrons. The minimum Gasteiger partial charge on any atom is -0.444 e. The third kappa shape index (κ3) is 4.78. The summed E-state index contributed by atoms with van der Waals surface area (Å²) in [4.78, 5) is 16.3. The highest BCUT2D eigenvalue weighted by Crippen LogP contribution is 2.42. The molecule has 0 aliphatic carbocycles. The van der Waals surface area contributed by atoms with Gasteiger partial charge in [0.2, 0.25) is 5.79 Å².